The number of benzene rings is 2. The number of nitrogens with one attached hydrogen (secondary N) is 1. The minimum absolute atomic E-state index is 0.278. The Labute approximate surface area is 171 Å². The molecule has 0 fully saturated rings. The molecule has 1 amide bonds. The van der Waals surface area contributed by atoms with E-state index in [1.165, 1.54) is 6.08 Å². The highest BCUT2D eigenvalue weighted by molar-refractivity contribution is 6.30. The fourth-order valence-corrected chi connectivity index (χ4v) is 2.77. The highest BCUT2D eigenvalue weighted by Crippen LogP contribution is 2.28. The van der Waals surface area contributed by atoms with Crippen LogP contribution in [0, 0.1) is 0 Å². The molecule has 29 heavy (non-hydrogen) atoms. The number of hydrogen-bond donors (Lipinski definition) is 1. The number of hydrogen-bond acceptors (Lipinski definition) is 5. The van der Waals surface area contributed by atoms with Gasteiger partial charge in [0.2, 0.25) is 11.7 Å². The first-order valence-corrected chi connectivity index (χ1v) is 9.15. The molecule has 0 atom stereocenters. The molecular weight excluding hydrogens is 388 g/mol. The topological polar surface area (TPSA) is 80.9 Å². The van der Waals surface area contributed by atoms with E-state index in [2.05, 4.69) is 20.4 Å². The van der Waals surface area contributed by atoms with Crippen LogP contribution in [0.2, 0.25) is 5.02 Å². The summed E-state index contributed by atoms with van der Waals surface area (Å²) in [7, 11) is 0. The molecule has 2 aromatic heterocycles. The van der Waals surface area contributed by atoms with Crippen molar-refractivity contribution in [1.29, 1.82) is 0 Å². The predicted molar refractivity (Wildman–Crippen MR) is 112 cm³/mol. The summed E-state index contributed by atoms with van der Waals surface area (Å²) in [6, 6.07) is 18.1. The lowest BCUT2D eigenvalue weighted by Crippen LogP contribution is -2.08. The van der Waals surface area contributed by atoms with Gasteiger partial charge in [0.05, 0.1) is 11.3 Å². The molecule has 6 nitrogen and oxygen atoms in total. The molecular formula is C22H15ClN4O2. The first-order chi connectivity index (χ1) is 14.2. The van der Waals surface area contributed by atoms with E-state index in [1.807, 2.05) is 30.3 Å². The fourth-order valence-electron chi connectivity index (χ4n) is 2.64. The molecule has 2 heterocycles. The maximum absolute atomic E-state index is 12.4. The average molecular weight is 403 g/mol. The summed E-state index contributed by atoms with van der Waals surface area (Å²) in [4.78, 5) is 20.8. The second-order valence-corrected chi connectivity index (χ2v) is 6.52. The Balaban J connectivity index is 1.53. The van der Waals surface area contributed by atoms with Crippen molar-refractivity contribution >= 4 is 29.3 Å². The third-order valence-corrected chi connectivity index (χ3v) is 4.31. The Bertz CT molecular complexity index is 1150. The molecule has 4 aromatic rings. The van der Waals surface area contributed by atoms with E-state index in [1.54, 1.807) is 48.8 Å². The molecule has 0 saturated carbocycles. The minimum atomic E-state index is -0.278. The zero-order valence-corrected chi connectivity index (χ0v) is 15.9. The van der Waals surface area contributed by atoms with E-state index in [4.69, 9.17) is 16.1 Å². The summed E-state index contributed by atoms with van der Waals surface area (Å²) in [6.07, 6.45) is 6.49. The van der Waals surface area contributed by atoms with Gasteiger partial charge in [0.15, 0.2) is 0 Å². The van der Waals surface area contributed by atoms with Gasteiger partial charge in [0, 0.05) is 29.1 Å². The van der Waals surface area contributed by atoms with Crippen LogP contribution in [0.5, 0.6) is 0 Å². The zero-order valence-electron chi connectivity index (χ0n) is 15.1. The molecule has 0 aliphatic heterocycles. The van der Waals surface area contributed by atoms with Gasteiger partial charge < -0.3 is 9.84 Å². The van der Waals surface area contributed by atoms with Gasteiger partial charge in [0.1, 0.15) is 0 Å². The lowest BCUT2D eigenvalue weighted by Gasteiger charge is -2.06. The average Bonchev–Trinajstić information content (AvgIpc) is 3.24. The Hall–Kier alpha value is -3.77. The van der Waals surface area contributed by atoms with Crippen molar-refractivity contribution in [2.24, 2.45) is 0 Å². The van der Waals surface area contributed by atoms with Gasteiger partial charge in [0.25, 0.3) is 5.89 Å². The molecule has 2 aromatic carbocycles. The summed E-state index contributed by atoms with van der Waals surface area (Å²) >= 11 is 5.87. The van der Waals surface area contributed by atoms with Gasteiger partial charge in [-0.1, -0.05) is 41.0 Å². The summed E-state index contributed by atoms with van der Waals surface area (Å²) in [5.74, 6) is 0.456. The Kier molecular flexibility index (Phi) is 5.45. The molecule has 0 radical (unpaired) electrons. The first-order valence-electron chi connectivity index (χ1n) is 8.77. The fraction of sp³-hybridized carbons (Fsp3) is 0. The molecule has 4 rings (SSSR count). The van der Waals surface area contributed by atoms with Gasteiger partial charge in [-0.25, -0.2) is 0 Å². The van der Waals surface area contributed by atoms with E-state index < -0.39 is 0 Å². The van der Waals surface area contributed by atoms with Crippen LogP contribution < -0.4 is 5.32 Å². The second-order valence-electron chi connectivity index (χ2n) is 6.08. The third-order valence-electron chi connectivity index (χ3n) is 4.06. The molecule has 0 spiro atoms. The van der Waals surface area contributed by atoms with Crippen molar-refractivity contribution in [3.05, 3.63) is 89.7 Å². The number of pyridine rings is 1. The number of halogens is 1. The van der Waals surface area contributed by atoms with Crippen molar-refractivity contribution < 1.29 is 9.32 Å². The number of anilines is 1. The van der Waals surface area contributed by atoms with Gasteiger partial charge in [-0.2, -0.15) is 4.98 Å². The third kappa shape index (κ3) is 4.56. The van der Waals surface area contributed by atoms with E-state index >= 15 is 0 Å². The van der Waals surface area contributed by atoms with Crippen molar-refractivity contribution in [1.82, 2.24) is 15.1 Å². The molecule has 142 valence electrons. The van der Waals surface area contributed by atoms with Crippen LogP contribution in [0.15, 0.2) is 83.7 Å². The minimum Gasteiger partial charge on any atom is -0.334 e. The Morgan fingerprint density at radius 2 is 1.86 bits per heavy atom. The number of rotatable bonds is 5. The van der Waals surface area contributed by atoms with Crippen LogP contribution in [0.1, 0.15) is 5.56 Å². The molecule has 0 unspecified atom stereocenters. The standard InChI is InChI=1S/C22H15ClN4O2/c23-17-10-7-15(8-11-17)9-12-20(28)25-19-6-2-1-5-18(19)22-26-21(27-29-22)16-4-3-13-24-14-16/h1-14H,(H,25,28)/b12-9+. The highest BCUT2D eigenvalue weighted by atomic mass is 35.5. The van der Waals surface area contributed by atoms with Crippen LogP contribution in [0.25, 0.3) is 28.9 Å². The summed E-state index contributed by atoms with van der Waals surface area (Å²) in [5, 5.41) is 7.49. The van der Waals surface area contributed by atoms with Crippen molar-refractivity contribution in [2.45, 2.75) is 0 Å². The molecule has 0 aliphatic rings. The van der Waals surface area contributed by atoms with Crippen LogP contribution in [0.3, 0.4) is 0 Å². The highest BCUT2D eigenvalue weighted by Gasteiger charge is 2.14. The Morgan fingerprint density at radius 1 is 1.03 bits per heavy atom. The number of amides is 1. The predicted octanol–water partition coefficient (Wildman–Crippen LogP) is 5.10. The largest absolute Gasteiger partial charge is 0.334 e. The summed E-state index contributed by atoms with van der Waals surface area (Å²) in [5.41, 5.74) is 2.81. The van der Waals surface area contributed by atoms with E-state index in [9.17, 15) is 4.79 Å². The second kappa shape index (κ2) is 8.50. The molecule has 1 N–H and O–H groups in total. The van der Waals surface area contributed by atoms with Crippen LogP contribution in [-0.2, 0) is 4.79 Å². The van der Waals surface area contributed by atoms with Crippen LogP contribution in [0.4, 0.5) is 5.69 Å². The van der Waals surface area contributed by atoms with Crippen LogP contribution >= 0.6 is 11.6 Å². The number of aromatic nitrogens is 3. The molecule has 0 aliphatic carbocycles. The SMILES string of the molecule is O=C(/C=C/c1ccc(Cl)cc1)Nc1ccccc1-c1nc(-c2cccnc2)no1. The number of carbonyl (C=O) groups is 1. The van der Waals surface area contributed by atoms with Gasteiger partial charge in [-0.3, -0.25) is 9.78 Å². The lowest BCUT2D eigenvalue weighted by molar-refractivity contribution is -0.111. The first kappa shape index (κ1) is 18.6. The van der Waals surface area contributed by atoms with Crippen molar-refractivity contribution in [3.8, 4) is 22.8 Å². The summed E-state index contributed by atoms with van der Waals surface area (Å²) < 4.78 is 5.40. The molecule has 7 heteroatoms. The molecule has 0 saturated heterocycles. The van der Waals surface area contributed by atoms with Gasteiger partial charge >= 0.3 is 0 Å². The Morgan fingerprint density at radius 3 is 2.66 bits per heavy atom. The van der Waals surface area contributed by atoms with E-state index in [0.29, 0.717) is 28.0 Å². The van der Waals surface area contributed by atoms with Crippen molar-refractivity contribution in [3.63, 3.8) is 0 Å². The maximum atomic E-state index is 12.4. The monoisotopic (exact) mass is 402 g/mol. The van der Waals surface area contributed by atoms with Crippen molar-refractivity contribution in [2.75, 3.05) is 5.32 Å². The lowest BCUT2D eigenvalue weighted by atomic mass is 10.1. The van der Waals surface area contributed by atoms with Gasteiger partial charge in [-0.05, 0) is 48.0 Å². The molecule has 0 bridgehead atoms. The number of carbonyl (C=O) groups excluding carboxylic acids is 1. The van der Waals surface area contributed by atoms with E-state index in [0.717, 1.165) is 11.1 Å². The number of nitrogens with zero attached hydrogens (tertiary/aromatic N) is 3. The zero-order chi connectivity index (χ0) is 20.1. The summed E-state index contributed by atoms with van der Waals surface area (Å²) in [6.45, 7) is 0. The van der Waals surface area contributed by atoms with Gasteiger partial charge in [-0.15, -0.1) is 0 Å². The quantitative estimate of drug-likeness (QED) is 0.469. The smallest absolute Gasteiger partial charge is 0.260 e. The number of para-hydroxylation sites is 1. The van der Waals surface area contributed by atoms with E-state index in [-0.39, 0.29) is 5.91 Å². The maximum Gasteiger partial charge on any atom is 0.260 e. The normalized spacial score (nSPS) is 10.9. The van der Waals surface area contributed by atoms with Crippen LogP contribution in [-0.4, -0.2) is 21.0 Å².